The van der Waals surface area contributed by atoms with Crippen LogP contribution in [0.4, 0.5) is 13.2 Å². The molecule has 0 fully saturated rings. The molecule has 10 nitrogen and oxygen atoms in total. The van der Waals surface area contributed by atoms with Crippen molar-refractivity contribution in [3.63, 3.8) is 0 Å². The monoisotopic (exact) mass is 541 g/mol. The second-order valence-electron chi connectivity index (χ2n) is 7.34. The molecule has 4 rings (SSSR count). The number of carboxylic acids is 1. The molecule has 0 saturated heterocycles. The summed E-state index contributed by atoms with van der Waals surface area (Å²) in [6.07, 6.45) is -4.84. The molecule has 0 unspecified atom stereocenters. The molecule has 0 atom stereocenters. The highest BCUT2D eigenvalue weighted by Crippen LogP contribution is 2.33. The van der Waals surface area contributed by atoms with Gasteiger partial charge in [-0.05, 0) is 24.3 Å². The predicted octanol–water partition coefficient (Wildman–Crippen LogP) is 1.58. The van der Waals surface area contributed by atoms with E-state index in [1.807, 2.05) is 0 Å². The van der Waals surface area contributed by atoms with Crippen LogP contribution in [0.15, 0.2) is 47.3 Å². The number of aliphatic hydroxyl groups excluding tert-OH is 2. The fraction of sp³-hybridized carbons (Fsp3) is 0.304. The van der Waals surface area contributed by atoms with E-state index < -0.39 is 23.3 Å². The number of benzene rings is 2. The highest BCUT2D eigenvalue weighted by Gasteiger charge is 2.30. The molecule has 2 aromatic carbocycles. The molecule has 37 heavy (non-hydrogen) atoms. The number of carbonyl (C=O) groups is 1. The van der Waals surface area contributed by atoms with E-state index in [1.165, 1.54) is 6.07 Å². The van der Waals surface area contributed by atoms with Crippen molar-refractivity contribution in [3.8, 4) is 0 Å². The van der Waals surface area contributed by atoms with E-state index >= 15 is 0 Å². The van der Waals surface area contributed by atoms with E-state index in [0.29, 0.717) is 33.6 Å². The zero-order chi connectivity index (χ0) is 27.6. The first-order chi connectivity index (χ1) is 17.5. The number of rotatable bonds is 6. The number of thiazole rings is 1. The first-order valence-corrected chi connectivity index (χ1v) is 11.7. The third kappa shape index (κ3) is 8.30. The van der Waals surface area contributed by atoms with Crippen LogP contribution in [0, 0.1) is 0 Å². The summed E-state index contributed by atoms with van der Waals surface area (Å²) >= 11 is 1.15. The van der Waals surface area contributed by atoms with Crippen LogP contribution in [-0.4, -0.2) is 62.4 Å². The van der Waals surface area contributed by atoms with Crippen molar-refractivity contribution in [2.75, 3.05) is 26.3 Å². The van der Waals surface area contributed by atoms with Crippen LogP contribution in [-0.2, 0) is 23.9 Å². The smallest absolute Gasteiger partial charge is 0.416 e. The molecular weight excluding hydrogens is 515 g/mol. The molecule has 0 spiro atoms. The normalized spacial score (nSPS) is 11.0. The van der Waals surface area contributed by atoms with E-state index in [9.17, 15) is 22.8 Å². The zero-order valence-electron chi connectivity index (χ0n) is 19.5. The summed E-state index contributed by atoms with van der Waals surface area (Å²) < 4.78 is 40.3. The van der Waals surface area contributed by atoms with Crippen molar-refractivity contribution in [1.82, 2.24) is 14.8 Å². The summed E-state index contributed by atoms with van der Waals surface area (Å²) in [6, 6.07) is 9.83. The van der Waals surface area contributed by atoms with E-state index in [4.69, 9.17) is 26.8 Å². The number of aliphatic hydroxyl groups is 2. The fourth-order valence-electron chi connectivity index (χ4n) is 3.03. The topological polar surface area (TPSA) is 178 Å². The molecule has 0 saturated carbocycles. The number of hydrogen-bond donors (Lipinski definition) is 5. The molecule has 0 amide bonds. The first kappa shape index (κ1) is 29.8. The Morgan fingerprint density at radius 1 is 1.03 bits per heavy atom. The summed E-state index contributed by atoms with van der Waals surface area (Å²) in [5.41, 5.74) is 8.74. The van der Waals surface area contributed by atoms with Crippen LogP contribution in [0.25, 0.3) is 21.0 Å². The summed E-state index contributed by atoms with van der Waals surface area (Å²) in [4.78, 5) is 28.1. The lowest BCUT2D eigenvalue weighted by atomic mass is 10.1. The summed E-state index contributed by atoms with van der Waals surface area (Å²) in [5.74, 6) is -1.09. The number of aromatic nitrogens is 3. The van der Waals surface area contributed by atoms with Crippen molar-refractivity contribution < 1.29 is 33.3 Å². The van der Waals surface area contributed by atoms with Gasteiger partial charge in [0.2, 0.25) is 0 Å². The Kier molecular flexibility index (Phi) is 11.1. The quantitative estimate of drug-likeness (QED) is 0.242. The third-order valence-corrected chi connectivity index (χ3v) is 5.59. The maximum absolute atomic E-state index is 12.9. The maximum atomic E-state index is 12.9. The van der Waals surface area contributed by atoms with Gasteiger partial charge in [0.1, 0.15) is 5.01 Å². The van der Waals surface area contributed by atoms with E-state index in [-0.39, 0.29) is 37.4 Å². The van der Waals surface area contributed by atoms with Gasteiger partial charge >= 0.3 is 12.1 Å². The average Bonchev–Trinajstić information content (AvgIpc) is 3.28. The van der Waals surface area contributed by atoms with E-state index in [1.54, 1.807) is 24.3 Å². The minimum Gasteiger partial charge on any atom is -0.481 e. The molecule has 14 heteroatoms. The summed E-state index contributed by atoms with van der Waals surface area (Å²) in [7, 11) is 0. The van der Waals surface area contributed by atoms with Crippen molar-refractivity contribution in [2.24, 2.45) is 11.5 Å². The van der Waals surface area contributed by atoms with E-state index in [2.05, 4.69) is 10.1 Å². The average molecular weight is 542 g/mol. The number of aliphatic carboxylic acids is 1. The van der Waals surface area contributed by atoms with Crippen molar-refractivity contribution in [3.05, 3.63) is 69.1 Å². The minimum absolute atomic E-state index is 0.0724. The van der Waals surface area contributed by atoms with Gasteiger partial charge in [0.25, 0.3) is 5.56 Å². The Bertz CT molecular complexity index is 1380. The minimum atomic E-state index is -4.47. The lowest BCUT2D eigenvalue weighted by Gasteiger charge is -2.08. The predicted molar refractivity (Wildman–Crippen MR) is 133 cm³/mol. The molecule has 0 radical (unpaired) electrons. The van der Waals surface area contributed by atoms with E-state index in [0.717, 1.165) is 28.2 Å². The van der Waals surface area contributed by atoms with Crippen LogP contribution in [0.2, 0.25) is 0 Å². The molecular formula is C23H26F3N5O5S. The SMILES string of the molecule is NCCO.NCCO.O=C(O)Cc1nn(Cc2nc3cc(C(F)(F)F)ccc3s2)c(=O)c2ccccc12. The molecule has 0 aliphatic heterocycles. The summed E-state index contributed by atoms with van der Waals surface area (Å²) in [6.45, 7) is 0.872. The van der Waals surface area contributed by atoms with Crippen LogP contribution in [0.3, 0.4) is 0 Å². The second-order valence-corrected chi connectivity index (χ2v) is 8.45. The third-order valence-electron chi connectivity index (χ3n) is 4.57. The Balaban J connectivity index is 0.000000530. The maximum Gasteiger partial charge on any atom is 0.416 e. The molecule has 2 heterocycles. The largest absolute Gasteiger partial charge is 0.481 e. The summed E-state index contributed by atoms with van der Waals surface area (Å²) in [5, 5.41) is 30.0. The highest BCUT2D eigenvalue weighted by atomic mass is 32.1. The Hall–Kier alpha value is -3.43. The molecule has 7 N–H and O–H groups in total. The van der Waals surface area contributed by atoms with Crippen molar-refractivity contribution >= 4 is 38.3 Å². The molecule has 0 bridgehead atoms. The van der Waals surface area contributed by atoms with Gasteiger partial charge in [0.15, 0.2) is 0 Å². The number of fused-ring (bicyclic) bond motifs is 2. The molecule has 0 aliphatic carbocycles. The van der Waals surface area contributed by atoms with Gasteiger partial charge < -0.3 is 26.8 Å². The van der Waals surface area contributed by atoms with Gasteiger partial charge in [0.05, 0.1) is 53.0 Å². The number of alkyl halides is 3. The Labute approximate surface area is 212 Å². The van der Waals surface area contributed by atoms with Crippen LogP contribution in [0.5, 0.6) is 0 Å². The number of carboxylic acid groups (broad SMARTS) is 1. The van der Waals surface area contributed by atoms with Crippen LogP contribution < -0.4 is 17.0 Å². The fourth-order valence-corrected chi connectivity index (χ4v) is 3.96. The Morgan fingerprint density at radius 2 is 1.62 bits per heavy atom. The van der Waals surface area contributed by atoms with Crippen LogP contribution in [0.1, 0.15) is 16.3 Å². The van der Waals surface area contributed by atoms with Gasteiger partial charge in [-0.2, -0.15) is 18.3 Å². The molecule has 200 valence electrons. The standard InChI is InChI=1S/C19H12F3N3O3S.2C2H7NO/c20-19(21,22)10-5-6-15-14(7-10)23-16(29-15)9-25-18(28)12-4-2-1-3-11(12)13(24-25)8-17(26)27;2*3-1-2-4/h1-7H,8-9H2,(H,26,27);2*4H,1-3H2. The Morgan fingerprint density at radius 3 is 2.16 bits per heavy atom. The number of nitrogens with two attached hydrogens (primary N) is 2. The van der Waals surface area contributed by atoms with Crippen molar-refractivity contribution in [2.45, 2.75) is 19.1 Å². The van der Waals surface area contributed by atoms with Gasteiger partial charge in [-0.3, -0.25) is 9.59 Å². The molecule has 2 aromatic heterocycles. The molecule has 0 aliphatic rings. The zero-order valence-corrected chi connectivity index (χ0v) is 20.3. The first-order valence-electron chi connectivity index (χ1n) is 10.8. The van der Waals surface area contributed by atoms with Gasteiger partial charge in [-0.1, -0.05) is 18.2 Å². The van der Waals surface area contributed by atoms with Gasteiger partial charge in [-0.15, -0.1) is 11.3 Å². The van der Waals surface area contributed by atoms with Gasteiger partial charge in [-0.25, -0.2) is 9.67 Å². The van der Waals surface area contributed by atoms with Crippen LogP contribution >= 0.6 is 11.3 Å². The lowest BCUT2D eigenvalue weighted by molar-refractivity contribution is -0.138. The molecule has 4 aromatic rings. The lowest BCUT2D eigenvalue weighted by Crippen LogP contribution is -2.26. The van der Waals surface area contributed by atoms with Crippen molar-refractivity contribution in [1.29, 1.82) is 0 Å². The second kappa shape index (κ2) is 13.8. The number of hydrogen-bond acceptors (Lipinski definition) is 9. The van der Waals surface area contributed by atoms with Gasteiger partial charge in [0, 0.05) is 18.5 Å². The number of nitrogens with zero attached hydrogens (tertiary/aromatic N) is 3. The number of halogens is 3. The highest BCUT2D eigenvalue weighted by molar-refractivity contribution is 7.18.